The molecule has 0 saturated heterocycles. The summed E-state index contributed by atoms with van der Waals surface area (Å²) in [6, 6.07) is 13.9. The summed E-state index contributed by atoms with van der Waals surface area (Å²) in [5.74, 6) is 0.507. The van der Waals surface area contributed by atoms with Gasteiger partial charge in [-0.05, 0) is 48.7 Å². The monoisotopic (exact) mass is 417 g/mol. The first kappa shape index (κ1) is 22.4. The third-order valence-electron chi connectivity index (χ3n) is 4.11. The Balaban J connectivity index is 1.99. The van der Waals surface area contributed by atoms with Crippen LogP contribution < -0.4 is 21.1 Å². The molecule has 0 aromatic heterocycles. The predicted octanol–water partition coefficient (Wildman–Crippen LogP) is 0.991. The van der Waals surface area contributed by atoms with Crippen LogP contribution in [0.3, 0.4) is 0 Å². The standard InChI is InChI=1S/C20H27N5O3S/c1-3-23-20(25-14-16-7-5-9-18(13-16)29(21,27)28)24-11-10-15-6-4-8-17(12-15)19(26)22-2/h4-9,12-13H,3,10-11,14H2,1-2H3,(H,22,26)(H2,21,27,28)(H2,23,24,25). The first-order valence-corrected chi connectivity index (χ1v) is 10.8. The fourth-order valence-corrected chi connectivity index (χ4v) is 3.25. The fraction of sp³-hybridized carbons (Fsp3) is 0.300. The highest BCUT2D eigenvalue weighted by molar-refractivity contribution is 7.89. The summed E-state index contributed by atoms with van der Waals surface area (Å²) in [7, 11) is -2.13. The van der Waals surface area contributed by atoms with Crippen molar-refractivity contribution >= 4 is 21.9 Å². The van der Waals surface area contributed by atoms with E-state index in [2.05, 4.69) is 20.9 Å². The van der Waals surface area contributed by atoms with Gasteiger partial charge in [0, 0.05) is 25.7 Å². The lowest BCUT2D eigenvalue weighted by atomic mass is 10.1. The molecule has 0 heterocycles. The highest BCUT2D eigenvalue weighted by atomic mass is 32.2. The molecule has 1 amide bonds. The van der Waals surface area contributed by atoms with Crippen molar-refractivity contribution in [2.24, 2.45) is 10.1 Å². The van der Waals surface area contributed by atoms with Crippen molar-refractivity contribution in [3.05, 3.63) is 65.2 Å². The molecule has 29 heavy (non-hydrogen) atoms. The van der Waals surface area contributed by atoms with Crippen LogP contribution in [0.2, 0.25) is 0 Å². The number of carbonyl (C=O) groups is 1. The van der Waals surface area contributed by atoms with Crippen LogP contribution in [0.25, 0.3) is 0 Å². The Bertz CT molecular complexity index is 974. The van der Waals surface area contributed by atoms with E-state index in [1.165, 1.54) is 12.1 Å². The third kappa shape index (κ3) is 7.20. The maximum Gasteiger partial charge on any atom is 0.251 e. The Morgan fingerprint density at radius 2 is 1.79 bits per heavy atom. The molecule has 0 saturated carbocycles. The lowest BCUT2D eigenvalue weighted by molar-refractivity contribution is 0.0963. The second-order valence-electron chi connectivity index (χ2n) is 6.34. The molecule has 0 aliphatic carbocycles. The lowest BCUT2D eigenvalue weighted by Gasteiger charge is -2.12. The summed E-state index contributed by atoms with van der Waals surface area (Å²) in [6.07, 6.45) is 0.718. The van der Waals surface area contributed by atoms with Gasteiger partial charge in [0.15, 0.2) is 5.96 Å². The summed E-state index contributed by atoms with van der Waals surface area (Å²) < 4.78 is 23.0. The maximum absolute atomic E-state index is 11.7. The summed E-state index contributed by atoms with van der Waals surface area (Å²) >= 11 is 0. The molecular weight excluding hydrogens is 390 g/mol. The van der Waals surface area contributed by atoms with Crippen molar-refractivity contribution in [1.29, 1.82) is 0 Å². The second-order valence-corrected chi connectivity index (χ2v) is 7.91. The number of rotatable bonds is 8. The fourth-order valence-electron chi connectivity index (χ4n) is 2.67. The number of aliphatic imine (C=N–C) groups is 1. The van der Waals surface area contributed by atoms with Crippen LogP contribution in [0.4, 0.5) is 0 Å². The maximum atomic E-state index is 11.7. The molecule has 0 aliphatic rings. The van der Waals surface area contributed by atoms with Gasteiger partial charge in [0.1, 0.15) is 0 Å². The van der Waals surface area contributed by atoms with Gasteiger partial charge in [0.25, 0.3) is 5.91 Å². The van der Waals surface area contributed by atoms with Crippen molar-refractivity contribution in [3.8, 4) is 0 Å². The average molecular weight is 418 g/mol. The molecule has 2 aromatic carbocycles. The molecule has 156 valence electrons. The zero-order valence-corrected chi connectivity index (χ0v) is 17.4. The van der Waals surface area contributed by atoms with Crippen LogP contribution in [-0.4, -0.2) is 40.4 Å². The van der Waals surface area contributed by atoms with Gasteiger partial charge in [-0.2, -0.15) is 0 Å². The first-order chi connectivity index (χ1) is 13.8. The largest absolute Gasteiger partial charge is 0.357 e. The van der Waals surface area contributed by atoms with Gasteiger partial charge in [-0.15, -0.1) is 0 Å². The lowest BCUT2D eigenvalue weighted by Crippen LogP contribution is -2.38. The van der Waals surface area contributed by atoms with Crippen LogP contribution in [-0.2, 0) is 23.0 Å². The summed E-state index contributed by atoms with van der Waals surface area (Å²) in [5.41, 5.74) is 2.41. The number of nitrogens with one attached hydrogen (secondary N) is 3. The van der Waals surface area contributed by atoms with E-state index in [4.69, 9.17) is 5.14 Å². The molecule has 0 atom stereocenters. The molecular formula is C20H27N5O3S. The number of hydrogen-bond acceptors (Lipinski definition) is 4. The molecule has 2 aromatic rings. The van der Waals surface area contributed by atoms with Crippen LogP contribution in [0.15, 0.2) is 58.4 Å². The molecule has 0 bridgehead atoms. The molecule has 0 aliphatic heterocycles. The van der Waals surface area contributed by atoms with Gasteiger partial charge in [0.05, 0.1) is 11.4 Å². The minimum Gasteiger partial charge on any atom is -0.357 e. The number of carbonyl (C=O) groups excluding carboxylic acids is 1. The van der Waals surface area contributed by atoms with Crippen molar-refractivity contribution in [1.82, 2.24) is 16.0 Å². The average Bonchev–Trinajstić information content (AvgIpc) is 2.71. The number of nitrogens with zero attached hydrogens (tertiary/aromatic N) is 1. The van der Waals surface area contributed by atoms with Gasteiger partial charge >= 0.3 is 0 Å². The zero-order valence-electron chi connectivity index (χ0n) is 16.6. The molecule has 0 fully saturated rings. The molecule has 0 unspecified atom stereocenters. The topological polar surface area (TPSA) is 126 Å². The Kier molecular flexibility index (Phi) is 8.17. The minimum absolute atomic E-state index is 0.0687. The number of primary sulfonamides is 1. The Labute approximate surface area is 171 Å². The Morgan fingerprint density at radius 1 is 1.07 bits per heavy atom. The molecule has 5 N–H and O–H groups in total. The van der Waals surface area contributed by atoms with E-state index in [0.717, 1.165) is 17.5 Å². The van der Waals surface area contributed by atoms with E-state index in [-0.39, 0.29) is 10.8 Å². The summed E-state index contributed by atoms with van der Waals surface area (Å²) in [5, 5.41) is 14.2. The van der Waals surface area contributed by atoms with Crippen LogP contribution in [0.5, 0.6) is 0 Å². The number of hydrogen-bond donors (Lipinski definition) is 4. The van der Waals surface area contributed by atoms with E-state index < -0.39 is 10.0 Å². The second kappa shape index (κ2) is 10.6. The van der Waals surface area contributed by atoms with Crippen molar-refractivity contribution in [2.75, 3.05) is 20.1 Å². The number of sulfonamides is 1. The third-order valence-corrected chi connectivity index (χ3v) is 5.02. The minimum atomic E-state index is -3.74. The van der Waals surface area contributed by atoms with E-state index >= 15 is 0 Å². The normalized spacial score (nSPS) is 11.8. The Hall–Kier alpha value is -2.91. The van der Waals surface area contributed by atoms with Gasteiger partial charge in [-0.25, -0.2) is 18.5 Å². The molecule has 9 heteroatoms. The van der Waals surface area contributed by atoms with E-state index in [1.54, 1.807) is 25.2 Å². The molecule has 0 spiro atoms. The first-order valence-electron chi connectivity index (χ1n) is 9.28. The van der Waals surface area contributed by atoms with Crippen LogP contribution in [0, 0.1) is 0 Å². The number of nitrogens with two attached hydrogens (primary N) is 1. The SMILES string of the molecule is CCNC(=NCc1cccc(S(N)(=O)=O)c1)NCCc1cccc(C(=O)NC)c1. The van der Waals surface area contributed by atoms with Crippen molar-refractivity contribution in [2.45, 2.75) is 24.8 Å². The van der Waals surface area contributed by atoms with Gasteiger partial charge in [-0.3, -0.25) is 4.79 Å². The van der Waals surface area contributed by atoms with E-state index in [9.17, 15) is 13.2 Å². The molecule has 2 rings (SSSR count). The molecule has 8 nitrogen and oxygen atoms in total. The van der Waals surface area contributed by atoms with Crippen LogP contribution >= 0.6 is 0 Å². The highest BCUT2D eigenvalue weighted by Crippen LogP contribution is 2.10. The van der Waals surface area contributed by atoms with Crippen LogP contribution in [0.1, 0.15) is 28.4 Å². The molecule has 0 radical (unpaired) electrons. The predicted molar refractivity (Wildman–Crippen MR) is 114 cm³/mol. The zero-order chi connectivity index (χ0) is 21.3. The number of guanidine groups is 1. The smallest absolute Gasteiger partial charge is 0.251 e. The quantitative estimate of drug-likeness (QED) is 0.376. The van der Waals surface area contributed by atoms with Gasteiger partial charge in [-0.1, -0.05) is 24.3 Å². The van der Waals surface area contributed by atoms with E-state index in [0.29, 0.717) is 31.2 Å². The number of amides is 1. The van der Waals surface area contributed by atoms with Gasteiger partial charge < -0.3 is 16.0 Å². The van der Waals surface area contributed by atoms with Crippen molar-refractivity contribution < 1.29 is 13.2 Å². The summed E-state index contributed by atoms with van der Waals surface area (Å²) in [6.45, 7) is 3.59. The summed E-state index contributed by atoms with van der Waals surface area (Å²) in [4.78, 5) is 16.3. The highest BCUT2D eigenvalue weighted by Gasteiger charge is 2.08. The Morgan fingerprint density at radius 3 is 2.48 bits per heavy atom. The number of benzene rings is 2. The van der Waals surface area contributed by atoms with Crippen molar-refractivity contribution in [3.63, 3.8) is 0 Å². The van der Waals surface area contributed by atoms with E-state index in [1.807, 2.05) is 25.1 Å². The van der Waals surface area contributed by atoms with Gasteiger partial charge in [0.2, 0.25) is 10.0 Å².